The maximum atomic E-state index is 12.5. The van der Waals surface area contributed by atoms with Crippen LogP contribution in [0.25, 0.3) is 11.0 Å². The zero-order valence-electron chi connectivity index (χ0n) is 17.2. The van der Waals surface area contributed by atoms with E-state index >= 15 is 0 Å². The highest BCUT2D eigenvalue weighted by Crippen LogP contribution is 2.28. The molecular formula is C21H23N5O6. The fourth-order valence-electron chi connectivity index (χ4n) is 3.48. The quantitative estimate of drug-likeness (QED) is 0.287. The normalized spacial score (nSPS) is 12.9. The summed E-state index contributed by atoms with van der Waals surface area (Å²) in [6.07, 6.45) is 1.65. The summed E-state index contributed by atoms with van der Waals surface area (Å²) in [6, 6.07) is 5.38. The number of rotatable bonds is 9. The molecule has 0 aliphatic rings. The molecular weight excluding hydrogens is 418 g/mol. The second-order valence-electron chi connectivity index (χ2n) is 7.41. The third kappa shape index (κ3) is 4.94. The van der Waals surface area contributed by atoms with Gasteiger partial charge in [0.1, 0.15) is 11.7 Å². The maximum Gasteiger partial charge on any atom is 0.326 e. The van der Waals surface area contributed by atoms with E-state index < -0.39 is 23.9 Å². The molecule has 2 unspecified atom stereocenters. The number of carboxylic acids is 2. The lowest BCUT2D eigenvalue weighted by Crippen LogP contribution is -2.40. The summed E-state index contributed by atoms with van der Waals surface area (Å²) >= 11 is 0. The van der Waals surface area contributed by atoms with Gasteiger partial charge in [0.15, 0.2) is 0 Å². The lowest BCUT2D eigenvalue weighted by Gasteiger charge is -2.15. The van der Waals surface area contributed by atoms with E-state index in [1.54, 1.807) is 30.5 Å². The van der Waals surface area contributed by atoms with Crippen LogP contribution in [0.4, 0.5) is 5.95 Å². The monoisotopic (exact) mass is 441 g/mol. The van der Waals surface area contributed by atoms with Crippen molar-refractivity contribution in [1.29, 1.82) is 0 Å². The van der Waals surface area contributed by atoms with Crippen molar-refractivity contribution in [2.45, 2.75) is 38.1 Å². The zero-order chi connectivity index (χ0) is 23.4. The van der Waals surface area contributed by atoms with Crippen LogP contribution < -0.4 is 16.6 Å². The molecule has 0 radical (unpaired) electrons. The van der Waals surface area contributed by atoms with Gasteiger partial charge >= 0.3 is 11.9 Å². The highest BCUT2D eigenvalue weighted by atomic mass is 16.4. The topological polar surface area (TPSA) is 191 Å². The Morgan fingerprint density at radius 2 is 1.88 bits per heavy atom. The van der Waals surface area contributed by atoms with Crippen molar-refractivity contribution in [1.82, 2.24) is 20.3 Å². The van der Waals surface area contributed by atoms with Gasteiger partial charge in [0.25, 0.3) is 11.5 Å². The Hall–Kier alpha value is -4.15. The molecule has 0 saturated heterocycles. The molecule has 11 heteroatoms. The van der Waals surface area contributed by atoms with E-state index in [1.165, 1.54) is 0 Å². The first-order chi connectivity index (χ1) is 15.2. The van der Waals surface area contributed by atoms with Crippen LogP contribution in [0.5, 0.6) is 0 Å². The predicted molar refractivity (Wildman–Crippen MR) is 115 cm³/mol. The van der Waals surface area contributed by atoms with Crippen LogP contribution in [0.1, 0.15) is 53.6 Å². The summed E-state index contributed by atoms with van der Waals surface area (Å²) in [6.45, 7) is 1.90. The summed E-state index contributed by atoms with van der Waals surface area (Å²) in [5, 5.41) is 20.8. The zero-order valence-corrected chi connectivity index (χ0v) is 17.2. The number of fused-ring (bicyclic) bond motifs is 1. The van der Waals surface area contributed by atoms with Gasteiger partial charge in [-0.1, -0.05) is 19.1 Å². The van der Waals surface area contributed by atoms with E-state index in [1.807, 2.05) is 6.92 Å². The molecule has 0 bridgehead atoms. The molecule has 32 heavy (non-hydrogen) atoms. The van der Waals surface area contributed by atoms with E-state index in [9.17, 15) is 24.3 Å². The van der Waals surface area contributed by atoms with Gasteiger partial charge in [-0.2, -0.15) is 4.98 Å². The largest absolute Gasteiger partial charge is 0.481 e. The number of aromatic nitrogens is 3. The molecule has 0 aliphatic heterocycles. The first kappa shape index (κ1) is 22.5. The van der Waals surface area contributed by atoms with E-state index in [-0.39, 0.29) is 42.3 Å². The molecule has 0 fully saturated rings. The summed E-state index contributed by atoms with van der Waals surface area (Å²) in [4.78, 5) is 56.2. The molecule has 7 N–H and O–H groups in total. The lowest BCUT2D eigenvalue weighted by atomic mass is 9.93. The average Bonchev–Trinajstić information content (AvgIpc) is 3.16. The van der Waals surface area contributed by atoms with Gasteiger partial charge in [0.05, 0.1) is 5.39 Å². The summed E-state index contributed by atoms with van der Waals surface area (Å²) < 4.78 is 0. The fraction of sp³-hybridized carbons (Fsp3) is 0.286. The van der Waals surface area contributed by atoms with Crippen LogP contribution in [0.3, 0.4) is 0 Å². The Morgan fingerprint density at radius 3 is 2.50 bits per heavy atom. The number of hydrogen-bond acceptors (Lipinski definition) is 6. The Morgan fingerprint density at radius 1 is 1.19 bits per heavy atom. The van der Waals surface area contributed by atoms with Crippen LogP contribution >= 0.6 is 0 Å². The molecule has 0 saturated carbocycles. The van der Waals surface area contributed by atoms with Crippen molar-refractivity contribution >= 4 is 34.8 Å². The Balaban J connectivity index is 1.74. The average molecular weight is 441 g/mol. The Labute approximate surface area is 181 Å². The van der Waals surface area contributed by atoms with Crippen molar-refractivity contribution < 1.29 is 24.6 Å². The standard InChI is InChI=1S/C21H23N5O6/c1-10(13-9-23-17-16(13)19(30)26-21(22)25-17)11-5-7-12(8-6-11)18(29)24-14(20(31)32)3-2-4-15(27)28/h5-10,14H,2-4H2,1H3,(H,24,29)(H,27,28)(H,31,32)(H4,22,23,25,26,30). The summed E-state index contributed by atoms with van der Waals surface area (Å²) in [5.41, 5.74) is 7.41. The highest BCUT2D eigenvalue weighted by Gasteiger charge is 2.22. The van der Waals surface area contributed by atoms with E-state index in [0.717, 1.165) is 11.1 Å². The van der Waals surface area contributed by atoms with Crippen molar-refractivity contribution in [3.63, 3.8) is 0 Å². The smallest absolute Gasteiger partial charge is 0.326 e. The van der Waals surface area contributed by atoms with Crippen molar-refractivity contribution in [3.05, 3.63) is 57.5 Å². The number of aromatic amines is 2. The first-order valence-corrected chi connectivity index (χ1v) is 9.89. The molecule has 0 spiro atoms. The Bertz CT molecular complexity index is 1210. The number of hydrogen-bond donors (Lipinski definition) is 6. The molecule has 0 aliphatic carbocycles. The van der Waals surface area contributed by atoms with E-state index in [4.69, 9.17) is 10.8 Å². The van der Waals surface area contributed by atoms with Crippen LogP contribution in [0.15, 0.2) is 35.3 Å². The van der Waals surface area contributed by atoms with Crippen LogP contribution in [-0.2, 0) is 9.59 Å². The minimum atomic E-state index is -1.23. The number of nitrogens with two attached hydrogens (primary N) is 1. The van der Waals surface area contributed by atoms with Crippen LogP contribution in [-0.4, -0.2) is 49.1 Å². The van der Waals surface area contributed by atoms with Crippen LogP contribution in [0.2, 0.25) is 0 Å². The molecule has 2 atom stereocenters. The fourth-order valence-corrected chi connectivity index (χ4v) is 3.48. The number of nitrogens with one attached hydrogen (secondary N) is 3. The number of carbonyl (C=O) groups is 3. The minimum Gasteiger partial charge on any atom is -0.481 e. The molecule has 1 aromatic carbocycles. The minimum absolute atomic E-state index is 0.0101. The molecule has 2 aromatic heterocycles. The number of carbonyl (C=O) groups excluding carboxylic acids is 1. The second-order valence-corrected chi connectivity index (χ2v) is 7.41. The molecule has 3 aromatic rings. The second kappa shape index (κ2) is 9.33. The number of anilines is 1. The number of H-pyrrole nitrogens is 2. The number of benzene rings is 1. The van der Waals surface area contributed by atoms with Crippen molar-refractivity contribution in [2.75, 3.05) is 5.73 Å². The SMILES string of the molecule is CC(c1ccc(C(=O)NC(CCCC(=O)O)C(=O)O)cc1)c1c[nH]c2nc(N)[nH]c(=O)c12. The lowest BCUT2D eigenvalue weighted by molar-refractivity contribution is -0.140. The van der Waals surface area contributed by atoms with Gasteiger partial charge in [-0.25, -0.2) is 4.79 Å². The predicted octanol–water partition coefficient (Wildman–Crippen LogP) is 1.42. The summed E-state index contributed by atoms with van der Waals surface area (Å²) in [7, 11) is 0. The molecule has 3 rings (SSSR count). The van der Waals surface area contributed by atoms with Crippen LogP contribution in [0, 0.1) is 0 Å². The van der Waals surface area contributed by atoms with Gasteiger partial charge in [-0.3, -0.25) is 19.4 Å². The molecule has 1 amide bonds. The van der Waals surface area contributed by atoms with E-state index in [0.29, 0.717) is 11.0 Å². The van der Waals surface area contributed by atoms with Gasteiger partial charge in [0, 0.05) is 24.1 Å². The van der Waals surface area contributed by atoms with Gasteiger partial charge in [-0.05, 0) is 36.1 Å². The Kier molecular flexibility index (Phi) is 6.57. The summed E-state index contributed by atoms with van der Waals surface area (Å²) in [5.74, 6) is -3.01. The number of amides is 1. The maximum absolute atomic E-state index is 12.5. The van der Waals surface area contributed by atoms with E-state index in [2.05, 4.69) is 20.3 Å². The third-order valence-corrected chi connectivity index (χ3v) is 5.22. The van der Waals surface area contributed by atoms with Crippen molar-refractivity contribution in [3.8, 4) is 0 Å². The third-order valence-electron chi connectivity index (χ3n) is 5.22. The number of carboxylic acid groups (broad SMARTS) is 2. The number of nitrogen functional groups attached to an aromatic ring is 1. The molecule has 11 nitrogen and oxygen atoms in total. The van der Waals surface area contributed by atoms with Gasteiger partial charge in [0.2, 0.25) is 5.95 Å². The highest BCUT2D eigenvalue weighted by molar-refractivity contribution is 5.96. The molecule has 168 valence electrons. The molecule has 2 heterocycles. The van der Waals surface area contributed by atoms with Gasteiger partial charge in [-0.15, -0.1) is 0 Å². The number of nitrogens with zero attached hydrogens (tertiary/aromatic N) is 1. The first-order valence-electron chi connectivity index (χ1n) is 9.89. The number of aliphatic carboxylic acids is 2. The van der Waals surface area contributed by atoms with Crippen molar-refractivity contribution in [2.24, 2.45) is 0 Å². The van der Waals surface area contributed by atoms with Gasteiger partial charge < -0.3 is 26.2 Å².